The van der Waals surface area contributed by atoms with E-state index in [9.17, 15) is 18.3 Å². The van der Waals surface area contributed by atoms with E-state index in [1.54, 1.807) is 18.2 Å². The average molecular weight is 337 g/mol. The van der Waals surface area contributed by atoms with Crippen molar-refractivity contribution in [2.24, 2.45) is 5.92 Å². The fraction of sp³-hybridized carbons (Fsp3) is 0.467. The Morgan fingerprint density at radius 3 is 2.78 bits per heavy atom. The van der Waals surface area contributed by atoms with Gasteiger partial charge in [0.05, 0.1) is 5.25 Å². The van der Waals surface area contributed by atoms with Crippen LogP contribution in [0, 0.1) is 5.92 Å². The number of hydrogen-bond donors (Lipinski definition) is 2. The van der Waals surface area contributed by atoms with Crippen molar-refractivity contribution in [1.82, 2.24) is 9.29 Å². The second-order valence-corrected chi connectivity index (χ2v) is 8.03. The van der Waals surface area contributed by atoms with E-state index in [1.165, 1.54) is 13.2 Å². The molecule has 0 radical (unpaired) electrons. The number of anilines is 1. The number of hydrogen-bond acceptors (Lipinski definition) is 5. The highest BCUT2D eigenvalue weighted by atomic mass is 32.2. The Balaban J connectivity index is 1.97. The molecule has 1 fully saturated rings. The van der Waals surface area contributed by atoms with Crippen LogP contribution < -0.4 is 5.32 Å². The van der Waals surface area contributed by atoms with Crippen LogP contribution in [0.3, 0.4) is 0 Å². The van der Waals surface area contributed by atoms with Crippen molar-refractivity contribution in [3.05, 3.63) is 35.9 Å². The molecule has 2 heterocycles. The Hall–Kier alpha value is -2.09. The first kappa shape index (κ1) is 15.8. The summed E-state index contributed by atoms with van der Waals surface area (Å²) in [5.74, 6) is -1.01. The monoisotopic (exact) mass is 337 g/mol. The van der Waals surface area contributed by atoms with Crippen LogP contribution in [0.1, 0.15) is 25.7 Å². The van der Waals surface area contributed by atoms with Gasteiger partial charge in [0.2, 0.25) is 10.0 Å². The maximum Gasteiger partial charge on any atom is 0.277 e. The predicted octanol–water partition coefficient (Wildman–Crippen LogP) is 1.62. The van der Waals surface area contributed by atoms with Crippen LogP contribution in [0.25, 0.3) is 0 Å². The van der Waals surface area contributed by atoms with Crippen LogP contribution in [0.5, 0.6) is 0 Å². The number of rotatable bonds is 2. The molecule has 1 amide bonds. The molecule has 7 nitrogen and oxygen atoms in total. The van der Waals surface area contributed by atoms with Crippen LogP contribution in [0.4, 0.5) is 5.82 Å². The van der Waals surface area contributed by atoms with Crippen LogP contribution in [0.15, 0.2) is 35.9 Å². The molecule has 1 aromatic heterocycles. The largest absolute Gasteiger partial charge is 0.510 e. The molecule has 0 spiro atoms. The summed E-state index contributed by atoms with van der Waals surface area (Å²) in [6.45, 7) is 0. The minimum Gasteiger partial charge on any atom is -0.510 e. The number of aromatic nitrogens is 1. The summed E-state index contributed by atoms with van der Waals surface area (Å²) < 4.78 is 26.2. The molecule has 8 heteroatoms. The second kappa shape index (κ2) is 5.84. The molecular weight excluding hydrogens is 318 g/mol. The van der Waals surface area contributed by atoms with Gasteiger partial charge in [-0.25, -0.2) is 13.4 Å². The van der Waals surface area contributed by atoms with Crippen molar-refractivity contribution < 1.29 is 18.3 Å². The van der Waals surface area contributed by atoms with E-state index in [0.29, 0.717) is 18.7 Å². The number of nitrogens with zero attached hydrogens (tertiary/aromatic N) is 2. The van der Waals surface area contributed by atoms with Crippen molar-refractivity contribution in [3.63, 3.8) is 0 Å². The second-order valence-electron chi connectivity index (χ2n) is 5.84. The molecule has 0 bridgehead atoms. The number of carbonyl (C=O) groups is 1. The Bertz CT molecular complexity index is 745. The zero-order valence-corrected chi connectivity index (χ0v) is 13.6. The summed E-state index contributed by atoms with van der Waals surface area (Å²) in [6.07, 6.45) is 4.26. The zero-order valence-electron chi connectivity index (χ0n) is 12.8. The van der Waals surface area contributed by atoms with Gasteiger partial charge in [-0.05, 0) is 25.0 Å². The molecule has 2 N–H and O–H groups in total. The lowest BCUT2D eigenvalue weighted by Crippen LogP contribution is -2.49. The van der Waals surface area contributed by atoms with E-state index in [4.69, 9.17) is 0 Å². The SMILES string of the molecule is CN1C(C(=O)Nc2ccccn2)=C(O)C2CCCCC2S1(=O)=O. The Morgan fingerprint density at radius 2 is 2.09 bits per heavy atom. The molecule has 0 aromatic carbocycles. The Kier molecular flexibility index (Phi) is 4.01. The molecule has 124 valence electrons. The maximum atomic E-state index is 12.6. The number of nitrogens with one attached hydrogen (secondary N) is 1. The lowest BCUT2D eigenvalue weighted by molar-refractivity contribution is -0.114. The smallest absolute Gasteiger partial charge is 0.277 e. The topological polar surface area (TPSA) is 99.6 Å². The summed E-state index contributed by atoms with van der Waals surface area (Å²) >= 11 is 0. The fourth-order valence-corrected chi connectivity index (χ4v) is 5.29. The number of amides is 1. The van der Waals surface area contributed by atoms with Crippen LogP contribution >= 0.6 is 0 Å². The highest BCUT2D eigenvalue weighted by Crippen LogP contribution is 2.41. The highest BCUT2D eigenvalue weighted by molar-refractivity contribution is 7.90. The summed E-state index contributed by atoms with van der Waals surface area (Å²) in [5, 5.41) is 12.4. The van der Waals surface area contributed by atoms with Gasteiger partial charge in [0.15, 0.2) is 5.70 Å². The number of allylic oxidation sites excluding steroid dienone is 1. The van der Waals surface area contributed by atoms with E-state index in [1.807, 2.05) is 0 Å². The molecule has 2 aliphatic rings. The number of aliphatic hydroxyl groups excluding tert-OH is 1. The fourth-order valence-electron chi connectivity index (χ4n) is 3.30. The third-order valence-corrected chi connectivity index (χ3v) is 6.77. The van der Waals surface area contributed by atoms with Crippen molar-refractivity contribution in [2.75, 3.05) is 12.4 Å². The van der Waals surface area contributed by atoms with Crippen LogP contribution in [-0.4, -0.2) is 41.0 Å². The van der Waals surface area contributed by atoms with Gasteiger partial charge in [-0.2, -0.15) is 0 Å². The molecule has 1 saturated carbocycles. The van der Waals surface area contributed by atoms with Gasteiger partial charge in [-0.15, -0.1) is 0 Å². The molecule has 23 heavy (non-hydrogen) atoms. The lowest BCUT2D eigenvalue weighted by Gasteiger charge is -2.39. The Labute approximate surface area is 135 Å². The summed E-state index contributed by atoms with van der Waals surface area (Å²) in [7, 11) is -2.34. The number of likely N-dealkylation sites (N-methyl/N-ethyl adjacent to an activating group) is 1. The van der Waals surface area contributed by atoms with Gasteiger partial charge in [-0.3, -0.25) is 9.10 Å². The average Bonchev–Trinajstić information content (AvgIpc) is 2.54. The number of carbonyl (C=O) groups excluding carboxylic acids is 1. The third-order valence-electron chi connectivity index (χ3n) is 4.50. The van der Waals surface area contributed by atoms with Crippen molar-refractivity contribution in [1.29, 1.82) is 0 Å². The first-order valence-corrected chi connectivity index (χ1v) is 9.06. The van der Waals surface area contributed by atoms with Gasteiger partial charge >= 0.3 is 0 Å². The van der Waals surface area contributed by atoms with Crippen molar-refractivity contribution >= 4 is 21.7 Å². The normalized spacial score (nSPS) is 26.6. The third kappa shape index (κ3) is 2.67. The van der Waals surface area contributed by atoms with E-state index in [0.717, 1.165) is 17.1 Å². The lowest BCUT2D eigenvalue weighted by atomic mass is 9.86. The molecule has 1 aromatic rings. The molecule has 2 atom stereocenters. The quantitative estimate of drug-likeness (QED) is 0.854. The standard InChI is InChI=1S/C15H19N3O4S/c1-18-13(15(20)17-12-8-4-5-9-16-12)14(19)10-6-2-3-7-11(10)23(18,21)22/h4-5,8-11,19H,2-3,6-7H2,1H3,(H,16,17,20). The van der Waals surface area contributed by atoms with Gasteiger partial charge in [-0.1, -0.05) is 18.9 Å². The zero-order chi connectivity index (χ0) is 16.6. The molecular formula is C15H19N3O4S. The number of fused-ring (bicyclic) bond motifs is 1. The molecule has 0 saturated heterocycles. The van der Waals surface area contributed by atoms with Gasteiger partial charge in [0.1, 0.15) is 11.6 Å². The molecule has 3 rings (SSSR count). The number of aliphatic hydroxyl groups is 1. The first-order valence-electron chi connectivity index (χ1n) is 7.56. The number of pyridine rings is 1. The summed E-state index contributed by atoms with van der Waals surface area (Å²) in [6, 6.07) is 5.00. The molecule has 1 aliphatic heterocycles. The van der Waals surface area contributed by atoms with E-state index in [2.05, 4.69) is 10.3 Å². The van der Waals surface area contributed by atoms with E-state index in [-0.39, 0.29) is 11.5 Å². The van der Waals surface area contributed by atoms with Gasteiger partial charge in [0, 0.05) is 19.2 Å². The summed E-state index contributed by atoms with van der Waals surface area (Å²) in [5.41, 5.74) is -0.209. The first-order chi connectivity index (χ1) is 10.9. The van der Waals surface area contributed by atoms with Crippen LogP contribution in [0.2, 0.25) is 0 Å². The van der Waals surface area contributed by atoms with Crippen LogP contribution in [-0.2, 0) is 14.8 Å². The van der Waals surface area contributed by atoms with Crippen molar-refractivity contribution in [2.45, 2.75) is 30.9 Å². The minimum atomic E-state index is -3.65. The molecule has 1 aliphatic carbocycles. The van der Waals surface area contributed by atoms with E-state index < -0.39 is 27.1 Å². The Morgan fingerprint density at radius 1 is 1.35 bits per heavy atom. The highest BCUT2D eigenvalue weighted by Gasteiger charge is 2.48. The predicted molar refractivity (Wildman–Crippen MR) is 85.0 cm³/mol. The number of sulfonamides is 1. The van der Waals surface area contributed by atoms with Gasteiger partial charge < -0.3 is 10.4 Å². The maximum absolute atomic E-state index is 12.6. The van der Waals surface area contributed by atoms with E-state index >= 15 is 0 Å². The molecule has 2 unspecified atom stereocenters. The van der Waals surface area contributed by atoms with Gasteiger partial charge in [0.25, 0.3) is 5.91 Å². The van der Waals surface area contributed by atoms with Crippen molar-refractivity contribution in [3.8, 4) is 0 Å². The summed E-state index contributed by atoms with van der Waals surface area (Å²) in [4.78, 5) is 16.5. The minimum absolute atomic E-state index is 0.138.